The Morgan fingerprint density at radius 3 is 2.26 bits per heavy atom. The van der Waals surface area contributed by atoms with E-state index in [4.69, 9.17) is 10.2 Å². The van der Waals surface area contributed by atoms with Crippen LogP contribution >= 0.6 is 0 Å². The fourth-order valence-corrected chi connectivity index (χ4v) is 1.35. The third-order valence-electron chi connectivity index (χ3n) is 2.43. The highest BCUT2D eigenvalue weighted by Gasteiger charge is 2.18. The Balaban J connectivity index is 2.59. The van der Waals surface area contributed by atoms with Gasteiger partial charge >= 0.3 is 12.0 Å². The fourth-order valence-electron chi connectivity index (χ4n) is 1.35. The van der Waals surface area contributed by atoms with Gasteiger partial charge in [0.05, 0.1) is 6.61 Å². The van der Waals surface area contributed by atoms with Gasteiger partial charge in [0, 0.05) is 25.5 Å². The predicted octanol–water partition coefficient (Wildman–Crippen LogP) is 0.320. The molecule has 0 saturated carbocycles. The van der Waals surface area contributed by atoms with Gasteiger partial charge in [0.25, 0.3) is 0 Å². The number of amides is 2. The molecular formula is C12H17N3O4. The first kappa shape index (κ1) is 14.8. The summed E-state index contributed by atoms with van der Waals surface area (Å²) >= 11 is 0. The molecule has 0 fully saturated rings. The van der Waals surface area contributed by atoms with Crippen molar-refractivity contribution < 1.29 is 19.8 Å². The van der Waals surface area contributed by atoms with E-state index in [0.717, 1.165) is 5.69 Å². The van der Waals surface area contributed by atoms with Gasteiger partial charge in [0.15, 0.2) is 6.04 Å². The van der Waals surface area contributed by atoms with Crippen LogP contribution in [0, 0.1) is 0 Å². The predicted molar refractivity (Wildman–Crippen MR) is 71.4 cm³/mol. The summed E-state index contributed by atoms with van der Waals surface area (Å²) in [6.07, 6.45) is 0. The lowest BCUT2D eigenvalue weighted by Crippen LogP contribution is -2.45. The molecule has 104 valence electrons. The molecule has 0 saturated heterocycles. The summed E-state index contributed by atoms with van der Waals surface area (Å²) < 4.78 is 0. The molecule has 0 aromatic heterocycles. The topological polar surface area (TPSA) is 102 Å². The molecule has 0 spiro atoms. The van der Waals surface area contributed by atoms with Crippen LogP contribution in [-0.2, 0) is 4.79 Å². The largest absolute Gasteiger partial charge is 0.480 e. The van der Waals surface area contributed by atoms with Crippen molar-refractivity contribution in [1.29, 1.82) is 0 Å². The molecule has 0 bridgehead atoms. The Hall–Kier alpha value is -2.28. The van der Waals surface area contributed by atoms with Gasteiger partial charge < -0.3 is 25.7 Å². The number of hydrogen-bond acceptors (Lipinski definition) is 4. The van der Waals surface area contributed by atoms with Crippen LogP contribution in [0.5, 0.6) is 0 Å². The number of carbonyl (C=O) groups is 2. The summed E-state index contributed by atoms with van der Waals surface area (Å²) in [6, 6.07) is 5.03. The van der Waals surface area contributed by atoms with Gasteiger partial charge in [-0.05, 0) is 24.3 Å². The minimum Gasteiger partial charge on any atom is -0.480 e. The zero-order valence-electron chi connectivity index (χ0n) is 10.8. The highest BCUT2D eigenvalue weighted by atomic mass is 16.4. The summed E-state index contributed by atoms with van der Waals surface area (Å²) in [4.78, 5) is 24.0. The van der Waals surface area contributed by atoms with Crippen LogP contribution in [0.2, 0.25) is 0 Å². The minimum atomic E-state index is -1.32. The molecule has 1 rings (SSSR count). The van der Waals surface area contributed by atoms with E-state index < -0.39 is 24.6 Å². The van der Waals surface area contributed by atoms with Crippen molar-refractivity contribution in [3.05, 3.63) is 24.3 Å². The Kier molecular flexibility index (Phi) is 5.13. The highest BCUT2D eigenvalue weighted by molar-refractivity contribution is 5.92. The van der Waals surface area contributed by atoms with Gasteiger partial charge in [0.2, 0.25) is 0 Å². The Morgan fingerprint density at radius 1 is 1.26 bits per heavy atom. The first-order valence-corrected chi connectivity index (χ1v) is 5.62. The van der Waals surface area contributed by atoms with E-state index >= 15 is 0 Å². The number of aliphatic carboxylic acids is 1. The summed E-state index contributed by atoms with van der Waals surface area (Å²) in [7, 11) is 3.79. The number of anilines is 2. The van der Waals surface area contributed by atoms with Crippen LogP contribution in [0.3, 0.4) is 0 Å². The number of carboxylic acid groups (broad SMARTS) is 1. The van der Waals surface area contributed by atoms with Crippen molar-refractivity contribution in [2.75, 3.05) is 30.9 Å². The van der Waals surface area contributed by atoms with Gasteiger partial charge in [-0.15, -0.1) is 0 Å². The van der Waals surface area contributed by atoms with E-state index in [0.29, 0.717) is 5.69 Å². The van der Waals surface area contributed by atoms with E-state index in [1.54, 1.807) is 12.1 Å². The Labute approximate surface area is 110 Å². The summed E-state index contributed by atoms with van der Waals surface area (Å²) in [5.74, 6) is -1.29. The average molecular weight is 267 g/mol. The SMILES string of the molecule is CN(C)c1ccc(NC(=O)N[C@@H](CO)C(=O)O)cc1. The summed E-state index contributed by atoms with van der Waals surface area (Å²) in [5.41, 5.74) is 1.51. The Morgan fingerprint density at radius 2 is 1.84 bits per heavy atom. The Bertz CT molecular complexity index is 445. The van der Waals surface area contributed by atoms with Crippen LogP contribution in [0.15, 0.2) is 24.3 Å². The molecule has 4 N–H and O–H groups in total. The third-order valence-corrected chi connectivity index (χ3v) is 2.43. The second-order valence-corrected chi connectivity index (χ2v) is 4.11. The van der Waals surface area contributed by atoms with E-state index in [-0.39, 0.29) is 0 Å². The summed E-state index contributed by atoms with van der Waals surface area (Å²) in [6.45, 7) is -0.664. The van der Waals surface area contributed by atoms with Crippen molar-refractivity contribution in [2.24, 2.45) is 0 Å². The molecular weight excluding hydrogens is 250 g/mol. The average Bonchev–Trinajstić information content (AvgIpc) is 2.36. The number of nitrogens with zero attached hydrogens (tertiary/aromatic N) is 1. The lowest BCUT2D eigenvalue weighted by molar-refractivity contribution is -0.140. The molecule has 0 heterocycles. The number of benzene rings is 1. The lowest BCUT2D eigenvalue weighted by atomic mass is 10.2. The number of aliphatic hydroxyl groups is 1. The number of rotatable bonds is 5. The first-order valence-electron chi connectivity index (χ1n) is 5.62. The second-order valence-electron chi connectivity index (χ2n) is 4.11. The maximum Gasteiger partial charge on any atom is 0.328 e. The molecule has 2 amide bonds. The lowest BCUT2D eigenvalue weighted by Gasteiger charge is -2.14. The molecule has 0 aliphatic carbocycles. The van der Waals surface area contributed by atoms with E-state index in [1.807, 2.05) is 31.1 Å². The van der Waals surface area contributed by atoms with Crippen molar-refractivity contribution in [3.63, 3.8) is 0 Å². The zero-order valence-corrected chi connectivity index (χ0v) is 10.8. The van der Waals surface area contributed by atoms with Crippen LogP contribution in [-0.4, -0.2) is 49.0 Å². The van der Waals surface area contributed by atoms with Gasteiger partial charge in [-0.1, -0.05) is 0 Å². The molecule has 0 unspecified atom stereocenters. The van der Waals surface area contributed by atoms with Gasteiger partial charge in [-0.2, -0.15) is 0 Å². The molecule has 7 nitrogen and oxygen atoms in total. The first-order chi connectivity index (χ1) is 8.93. The normalized spacial score (nSPS) is 11.5. The van der Waals surface area contributed by atoms with Crippen molar-refractivity contribution in [3.8, 4) is 0 Å². The molecule has 1 aromatic carbocycles. The van der Waals surface area contributed by atoms with E-state index in [1.165, 1.54) is 0 Å². The quantitative estimate of drug-likeness (QED) is 0.615. The third kappa shape index (κ3) is 4.47. The van der Waals surface area contributed by atoms with Crippen molar-refractivity contribution >= 4 is 23.4 Å². The number of carboxylic acids is 1. The molecule has 1 atom stereocenters. The van der Waals surface area contributed by atoms with E-state index in [9.17, 15) is 9.59 Å². The minimum absolute atomic E-state index is 0.533. The molecule has 19 heavy (non-hydrogen) atoms. The van der Waals surface area contributed by atoms with Crippen LogP contribution in [0.1, 0.15) is 0 Å². The number of urea groups is 1. The molecule has 7 heteroatoms. The van der Waals surface area contributed by atoms with Gasteiger partial charge in [0.1, 0.15) is 0 Å². The number of carbonyl (C=O) groups excluding carboxylic acids is 1. The summed E-state index contributed by atoms with van der Waals surface area (Å²) in [5, 5.41) is 22.1. The fraction of sp³-hybridized carbons (Fsp3) is 0.333. The molecule has 0 radical (unpaired) electrons. The maximum atomic E-state index is 11.5. The number of nitrogens with one attached hydrogen (secondary N) is 2. The standard InChI is InChI=1S/C12H17N3O4/c1-15(2)9-5-3-8(4-6-9)13-12(19)14-10(7-16)11(17)18/h3-6,10,16H,7H2,1-2H3,(H,17,18)(H2,13,14,19)/t10-/m0/s1. The zero-order chi connectivity index (χ0) is 14.4. The monoisotopic (exact) mass is 267 g/mol. The van der Waals surface area contributed by atoms with Crippen molar-refractivity contribution in [1.82, 2.24) is 5.32 Å². The maximum absolute atomic E-state index is 11.5. The number of hydrogen-bond donors (Lipinski definition) is 4. The smallest absolute Gasteiger partial charge is 0.328 e. The van der Waals surface area contributed by atoms with Crippen molar-refractivity contribution in [2.45, 2.75) is 6.04 Å². The van der Waals surface area contributed by atoms with Crippen LogP contribution < -0.4 is 15.5 Å². The number of aliphatic hydroxyl groups excluding tert-OH is 1. The van der Waals surface area contributed by atoms with Gasteiger partial charge in [-0.25, -0.2) is 9.59 Å². The molecule has 0 aliphatic heterocycles. The van der Waals surface area contributed by atoms with Crippen LogP contribution in [0.4, 0.5) is 16.2 Å². The van der Waals surface area contributed by atoms with Gasteiger partial charge in [-0.3, -0.25) is 0 Å². The molecule has 0 aliphatic rings. The van der Waals surface area contributed by atoms with E-state index in [2.05, 4.69) is 10.6 Å². The highest BCUT2D eigenvalue weighted by Crippen LogP contribution is 2.15. The molecule has 1 aromatic rings. The van der Waals surface area contributed by atoms with Crippen LogP contribution in [0.25, 0.3) is 0 Å². The second kappa shape index (κ2) is 6.60.